The van der Waals surface area contributed by atoms with Crippen molar-refractivity contribution in [2.45, 2.75) is 26.2 Å². The summed E-state index contributed by atoms with van der Waals surface area (Å²) in [5.74, 6) is -0.652. The van der Waals surface area contributed by atoms with Gasteiger partial charge < -0.3 is 10.2 Å². The summed E-state index contributed by atoms with van der Waals surface area (Å²) in [5.41, 5.74) is 1.01. The highest BCUT2D eigenvalue weighted by molar-refractivity contribution is 6.39. The Morgan fingerprint density at radius 2 is 1.94 bits per heavy atom. The number of aromatic nitrogens is 1. The monoisotopic (exact) mass is 247 g/mol. The molecule has 2 heterocycles. The molecule has 1 fully saturated rings. The van der Waals surface area contributed by atoms with Gasteiger partial charge in [0.05, 0.1) is 0 Å². The van der Waals surface area contributed by atoms with E-state index in [1.807, 2.05) is 13.0 Å². The topological polar surface area (TPSA) is 62.3 Å². The molecule has 5 nitrogen and oxygen atoms in total. The number of anilines is 1. The zero-order valence-corrected chi connectivity index (χ0v) is 10.5. The first-order valence-corrected chi connectivity index (χ1v) is 6.20. The van der Waals surface area contributed by atoms with E-state index in [-0.39, 0.29) is 0 Å². The summed E-state index contributed by atoms with van der Waals surface area (Å²) in [6.07, 6.45) is 4.73. The van der Waals surface area contributed by atoms with E-state index in [2.05, 4.69) is 10.3 Å². The molecule has 0 radical (unpaired) electrons. The van der Waals surface area contributed by atoms with Crippen LogP contribution in [0.3, 0.4) is 0 Å². The van der Waals surface area contributed by atoms with E-state index < -0.39 is 11.8 Å². The molecule has 1 aliphatic heterocycles. The Balaban J connectivity index is 1.94. The number of amides is 2. The molecule has 1 N–H and O–H groups in total. The number of nitrogens with one attached hydrogen (secondary N) is 1. The van der Waals surface area contributed by atoms with Crippen LogP contribution in [0, 0.1) is 6.92 Å². The van der Waals surface area contributed by atoms with Crippen LogP contribution in [-0.2, 0) is 9.59 Å². The van der Waals surface area contributed by atoms with Gasteiger partial charge in [0.25, 0.3) is 0 Å². The molecule has 96 valence electrons. The quantitative estimate of drug-likeness (QED) is 0.762. The molecule has 0 spiro atoms. The molecule has 18 heavy (non-hydrogen) atoms. The van der Waals surface area contributed by atoms with E-state index in [1.165, 1.54) is 0 Å². The molecule has 1 saturated heterocycles. The van der Waals surface area contributed by atoms with Gasteiger partial charge in [0.2, 0.25) is 0 Å². The second kappa shape index (κ2) is 5.62. The van der Waals surface area contributed by atoms with Crippen molar-refractivity contribution in [3.8, 4) is 0 Å². The number of hydrogen-bond acceptors (Lipinski definition) is 3. The first-order chi connectivity index (χ1) is 8.66. The van der Waals surface area contributed by atoms with Gasteiger partial charge >= 0.3 is 11.8 Å². The molecule has 1 aromatic rings. The van der Waals surface area contributed by atoms with Crippen LogP contribution in [0.2, 0.25) is 0 Å². The van der Waals surface area contributed by atoms with E-state index in [4.69, 9.17) is 0 Å². The maximum absolute atomic E-state index is 11.9. The smallest absolute Gasteiger partial charge is 0.315 e. The Kier molecular flexibility index (Phi) is 3.92. The molecule has 1 aliphatic rings. The van der Waals surface area contributed by atoms with Crippen LogP contribution >= 0.6 is 0 Å². The number of carbonyl (C=O) groups is 2. The third-order valence-electron chi connectivity index (χ3n) is 2.99. The number of piperidine rings is 1. The predicted molar refractivity (Wildman–Crippen MR) is 68.0 cm³/mol. The van der Waals surface area contributed by atoms with Crippen molar-refractivity contribution >= 4 is 17.6 Å². The molecule has 0 bridgehead atoms. The Morgan fingerprint density at radius 3 is 2.56 bits per heavy atom. The minimum absolute atomic E-state index is 0.413. The van der Waals surface area contributed by atoms with Crippen molar-refractivity contribution in [3.63, 3.8) is 0 Å². The number of carbonyl (C=O) groups excluding carboxylic acids is 2. The van der Waals surface area contributed by atoms with Crippen molar-refractivity contribution < 1.29 is 9.59 Å². The zero-order valence-electron chi connectivity index (χ0n) is 10.5. The standard InChI is InChI=1S/C13H17N3O2/c1-10-5-6-11(14-9-10)15-12(17)13(18)16-7-3-2-4-8-16/h5-6,9H,2-4,7-8H2,1H3,(H,14,15,17). The van der Waals surface area contributed by atoms with Gasteiger partial charge in [-0.25, -0.2) is 4.98 Å². The first kappa shape index (κ1) is 12.5. The van der Waals surface area contributed by atoms with Crippen LogP contribution in [-0.4, -0.2) is 34.8 Å². The average Bonchev–Trinajstić information content (AvgIpc) is 2.41. The Hall–Kier alpha value is -1.91. The number of likely N-dealkylation sites (tertiary alicyclic amines) is 1. The van der Waals surface area contributed by atoms with Gasteiger partial charge in [0.15, 0.2) is 0 Å². The largest absolute Gasteiger partial charge is 0.334 e. The summed E-state index contributed by atoms with van der Waals surface area (Å²) < 4.78 is 0. The Morgan fingerprint density at radius 1 is 1.22 bits per heavy atom. The fourth-order valence-electron chi connectivity index (χ4n) is 1.95. The summed E-state index contributed by atoms with van der Waals surface area (Å²) in [6.45, 7) is 3.26. The predicted octanol–water partition coefficient (Wildman–Crippen LogP) is 1.34. The normalized spacial score (nSPS) is 15.3. The third-order valence-corrected chi connectivity index (χ3v) is 2.99. The number of rotatable bonds is 1. The van der Waals surface area contributed by atoms with Gasteiger partial charge in [-0.3, -0.25) is 9.59 Å². The Bertz CT molecular complexity index is 436. The van der Waals surface area contributed by atoms with E-state index >= 15 is 0 Å². The van der Waals surface area contributed by atoms with Crippen molar-refractivity contribution in [3.05, 3.63) is 23.9 Å². The second-order valence-corrected chi connectivity index (χ2v) is 4.53. The lowest BCUT2D eigenvalue weighted by Crippen LogP contribution is -2.42. The highest BCUT2D eigenvalue weighted by atomic mass is 16.2. The van der Waals surface area contributed by atoms with Crippen LogP contribution in [0.5, 0.6) is 0 Å². The zero-order chi connectivity index (χ0) is 13.0. The summed E-state index contributed by atoms with van der Waals surface area (Å²) >= 11 is 0. The number of pyridine rings is 1. The second-order valence-electron chi connectivity index (χ2n) is 4.53. The van der Waals surface area contributed by atoms with E-state index in [1.54, 1.807) is 17.2 Å². The molecule has 0 unspecified atom stereocenters. The van der Waals surface area contributed by atoms with Crippen LogP contribution < -0.4 is 5.32 Å². The van der Waals surface area contributed by atoms with Gasteiger partial charge in [-0.2, -0.15) is 0 Å². The molecule has 0 aliphatic carbocycles. The van der Waals surface area contributed by atoms with Crippen LogP contribution in [0.15, 0.2) is 18.3 Å². The summed E-state index contributed by atoms with van der Waals surface area (Å²) in [4.78, 5) is 29.3. The molecule has 0 aromatic carbocycles. The molecular formula is C13H17N3O2. The summed E-state index contributed by atoms with van der Waals surface area (Å²) in [6, 6.07) is 3.53. The highest BCUT2D eigenvalue weighted by Gasteiger charge is 2.23. The van der Waals surface area contributed by atoms with Crippen molar-refractivity contribution in [2.75, 3.05) is 18.4 Å². The van der Waals surface area contributed by atoms with Crippen LogP contribution in [0.1, 0.15) is 24.8 Å². The number of nitrogens with zero attached hydrogens (tertiary/aromatic N) is 2. The molecule has 1 aromatic heterocycles. The molecule has 2 rings (SSSR count). The Labute approximate surface area is 106 Å². The lowest BCUT2D eigenvalue weighted by atomic mass is 10.1. The number of aryl methyl sites for hydroxylation is 1. The highest BCUT2D eigenvalue weighted by Crippen LogP contribution is 2.10. The minimum Gasteiger partial charge on any atom is -0.334 e. The maximum atomic E-state index is 11.9. The number of hydrogen-bond donors (Lipinski definition) is 1. The fraction of sp³-hybridized carbons (Fsp3) is 0.462. The first-order valence-electron chi connectivity index (χ1n) is 6.20. The summed E-state index contributed by atoms with van der Waals surface area (Å²) in [5, 5.41) is 2.52. The molecular weight excluding hydrogens is 230 g/mol. The maximum Gasteiger partial charge on any atom is 0.315 e. The van der Waals surface area contributed by atoms with Gasteiger partial charge in [0.1, 0.15) is 5.82 Å². The average molecular weight is 247 g/mol. The van der Waals surface area contributed by atoms with Gasteiger partial charge in [-0.15, -0.1) is 0 Å². The lowest BCUT2D eigenvalue weighted by molar-refractivity contribution is -0.143. The third kappa shape index (κ3) is 3.06. The summed E-state index contributed by atoms with van der Waals surface area (Å²) in [7, 11) is 0. The van der Waals surface area contributed by atoms with E-state index in [0.717, 1.165) is 24.8 Å². The van der Waals surface area contributed by atoms with Crippen LogP contribution in [0.25, 0.3) is 0 Å². The van der Waals surface area contributed by atoms with Gasteiger partial charge in [-0.1, -0.05) is 6.07 Å². The van der Waals surface area contributed by atoms with Gasteiger partial charge in [0, 0.05) is 19.3 Å². The molecule has 5 heteroatoms. The van der Waals surface area contributed by atoms with Crippen molar-refractivity contribution in [2.24, 2.45) is 0 Å². The van der Waals surface area contributed by atoms with Gasteiger partial charge in [-0.05, 0) is 37.8 Å². The van der Waals surface area contributed by atoms with Crippen molar-refractivity contribution in [1.29, 1.82) is 0 Å². The van der Waals surface area contributed by atoms with Crippen LogP contribution in [0.4, 0.5) is 5.82 Å². The molecule has 2 amide bonds. The minimum atomic E-state index is -0.603. The lowest BCUT2D eigenvalue weighted by Gasteiger charge is -2.25. The fourth-order valence-corrected chi connectivity index (χ4v) is 1.95. The van der Waals surface area contributed by atoms with E-state index in [9.17, 15) is 9.59 Å². The molecule has 0 saturated carbocycles. The van der Waals surface area contributed by atoms with E-state index in [0.29, 0.717) is 18.9 Å². The SMILES string of the molecule is Cc1ccc(NC(=O)C(=O)N2CCCCC2)nc1. The molecule has 0 atom stereocenters. The van der Waals surface area contributed by atoms with Crippen molar-refractivity contribution in [1.82, 2.24) is 9.88 Å².